The van der Waals surface area contributed by atoms with Gasteiger partial charge in [-0.05, 0) is 55.0 Å². The minimum absolute atomic E-state index is 0.0591. The molecule has 170 valence electrons. The Balaban J connectivity index is 1.54. The highest BCUT2D eigenvalue weighted by atomic mass is 32.2. The summed E-state index contributed by atoms with van der Waals surface area (Å²) in [6.07, 6.45) is 3.51. The molecule has 0 spiro atoms. The standard InChI is InChI=1S/C23H23N5O3S2/c1-2-5-18-8-7-17(16-24)23(27-18)32-15-13-22(29)26-19-9-11-20(12-10-19)33(30,31)28-21-6-3-4-14-25-21/h3-4,6-12,14H,2,5,13,15H2,1H3,(H,25,28)(H,26,29). The Morgan fingerprint density at radius 1 is 1.12 bits per heavy atom. The normalized spacial score (nSPS) is 10.9. The summed E-state index contributed by atoms with van der Waals surface area (Å²) in [6, 6.07) is 16.6. The summed E-state index contributed by atoms with van der Waals surface area (Å²) in [7, 11) is -3.78. The largest absolute Gasteiger partial charge is 0.326 e. The van der Waals surface area contributed by atoms with E-state index < -0.39 is 10.0 Å². The molecule has 3 rings (SSSR count). The molecule has 10 heteroatoms. The van der Waals surface area contributed by atoms with Crippen LogP contribution in [-0.2, 0) is 21.2 Å². The van der Waals surface area contributed by atoms with Crippen molar-refractivity contribution in [1.29, 1.82) is 5.26 Å². The number of pyridine rings is 2. The molecular weight excluding hydrogens is 458 g/mol. The Morgan fingerprint density at radius 2 is 1.91 bits per heavy atom. The summed E-state index contributed by atoms with van der Waals surface area (Å²) in [6.45, 7) is 2.07. The highest BCUT2D eigenvalue weighted by molar-refractivity contribution is 7.99. The first-order valence-electron chi connectivity index (χ1n) is 10.3. The van der Waals surface area contributed by atoms with Crippen LogP contribution in [0.25, 0.3) is 0 Å². The number of benzene rings is 1. The zero-order valence-electron chi connectivity index (χ0n) is 18.0. The summed E-state index contributed by atoms with van der Waals surface area (Å²) in [5.41, 5.74) is 1.91. The van der Waals surface area contributed by atoms with Crippen LogP contribution in [-0.4, -0.2) is 30.0 Å². The number of aryl methyl sites for hydroxylation is 1. The number of anilines is 2. The molecule has 2 N–H and O–H groups in total. The topological polar surface area (TPSA) is 125 Å². The van der Waals surface area contributed by atoms with E-state index in [0.717, 1.165) is 18.5 Å². The van der Waals surface area contributed by atoms with Crippen LogP contribution in [0.4, 0.5) is 11.5 Å². The lowest BCUT2D eigenvalue weighted by Gasteiger charge is -2.09. The van der Waals surface area contributed by atoms with E-state index in [1.807, 2.05) is 6.07 Å². The van der Waals surface area contributed by atoms with Crippen molar-refractivity contribution in [2.75, 3.05) is 15.8 Å². The molecule has 2 heterocycles. The second-order valence-corrected chi connectivity index (χ2v) is 9.77. The summed E-state index contributed by atoms with van der Waals surface area (Å²) < 4.78 is 27.3. The fraction of sp³-hybridized carbons (Fsp3) is 0.217. The van der Waals surface area contributed by atoms with Crippen LogP contribution in [0.3, 0.4) is 0 Å². The zero-order valence-corrected chi connectivity index (χ0v) is 19.6. The first kappa shape index (κ1) is 24.2. The summed E-state index contributed by atoms with van der Waals surface area (Å²) in [5, 5.41) is 12.7. The van der Waals surface area contributed by atoms with E-state index in [1.165, 1.54) is 42.2 Å². The van der Waals surface area contributed by atoms with Gasteiger partial charge in [0.15, 0.2) is 0 Å². The van der Waals surface area contributed by atoms with E-state index in [1.54, 1.807) is 24.3 Å². The SMILES string of the molecule is CCCc1ccc(C#N)c(SCCC(=O)Nc2ccc(S(=O)(=O)Nc3ccccn3)cc2)n1. The molecule has 2 aromatic heterocycles. The lowest BCUT2D eigenvalue weighted by molar-refractivity contribution is -0.115. The molecule has 0 unspecified atom stereocenters. The number of hydrogen-bond acceptors (Lipinski definition) is 7. The second kappa shape index (κ2) is 11.4. The number of amides is 1. The third-order valence-corrected chi connectivity index (χ3v) is 6.83. The number of carbonyl (C=O) groups excluding carboxylic acids is 1. The number of nitrogens with one attached hydrogen (secondary N) is 2. The number of carbonyl (C=O) groups is 1. The lowest BCUT2D eigenvalue weighted by Crippen LogP contribution is -2.15. The molecule has 0 aliphatic rings. The van der Waals surface area contributed by atoms with Gasteiger partial charge in [0.2, 0.25) is 5.91 Å². The number of aromatic nitrogens is 2. The van der Waals surface area contributed by atoms with Gasteiger partial charge in [0.1, 0.15) is 16.9 Å². The van der Waals surface area contributed by atoms with Gasteiger partial charge < -0.3 is 5.32 Å². The molecule has 0 bridgehead atoms. The third kappa shape index (κ3) is 7.03. The van der Waals surface area contributed by atoms with Crippen LogP contribution >= 0.6 is 11.8 Å². The number of nitriles is 1. The molecule has 8 nitrogen and oxygen atoms in total. The van der Waals surface area contributed by atoms with E-state index >= 15 is 0 Å². The van der Waals surface area contributed by atoms with E-state index in [0.29, 0.717) is 22.0 Å². The van der Waals surface area contributed by atoms with Gasteiger partial charge in [-0.2, -0.15) is 5.26 Å². The minimum atomic E-state index is -3.78. The molecule has 1 amide bonds. The van der Waals surface area contributed by atoms with Gasteiger partial charge in [0, 0.05) is 29.8 Å². The van der Waals surface area contributed by atoms with Gasteiger partial charge in [-0.15, -0.1) is 11.8 Å². The van der Waals surface area contributed by atoms with Gasteiger partial charge in [0.05, 0.1) is 10.5 Å². The monoisotopic (exact) mass is 481 g/mol. The molecule has 0 radical (unpaired) electrons. The van der Waals surface area contributed by atoms with Crippen molar-refractivity contribution in [3.63, 3.8) is 0 Å². The molecule has 33 heavy (non-hydrogen) atoms. The maximum Gasteiger partial charge on any atom is 0.263 e. The highest BCUT2D eigenvalue weighted by Crippen LogP contribution is 2.22. The molecule has 1 aromatic carbocycles. The molecule has 0 saturated carbocycles. The van der Waals surface area contributed by atoms with Gasteiger partial charge in [-0.3, -0.25) is 9.52 Å². The van der Waals surface area contributed by atoms with Crippen molar-refractivity contribution in [3.8, 4) is 6.07 Å². The van der Waals surface area contributed by atoms with Crippen LogP contribution < -0.4 is 10.0 Å². The number of sulfonamides is 1. The van der Waals surface area contributed by atoms with Crippen LogP contribution in [0.15, 0.2) is 70.7 Å². The summed E-state index contributed by atoms with van der Waals surface area (Å²) in [5.74, 6) is 0.471. The molecule has 0 atom stereocenters. The summed E-state index contributed by atoms with van der Waals surface area (Å²) >= 11 is 1.37. The zero-order chi connectivity index (χ0) is 23.7. The smallest absolute Gasteiger partial charge is 0.263 e. The van der Waals surface area contributed by atoms with Gasteiger partial charge in [-0.1, -0.05) is 19.4 Å². The quantitative estimate of drug-likeness (QED) is 0.415. The number of hydrogen-bond donors (Lipinski definition) is 2. The van der Waals surface area contributed by atoms with Crippen molar-refractivity contribution in [1.82, 2.24) is 9.97 Å². The van der Waals surface area contributed by atoms with Gasteiger partial charge >= 0.3 is 0 Å². The first-order chi connectivity index (χ1) is 15.9. The second-order valence-electron chi connectivity index (χ2n) is 7.01. The Labute approximate surface area is 197 Å². The van der Waals surface area contributed by atoms with Crippen molar-refractivity contribution < 1.29 is 13.2 Å². The molecule has 3 aromatic rings. The maximum absolute atomic E-state index is 12.5. The molecule has 0 aliphatic carbocycles. The maximum atomic E-state index is 12.5. The van der Waals surface area contributed by atoms with E-state index in [-0.39, 0.29) is 23.0 Å². The van der Waals surface area contributed by atoms with Gasteiger partial charge in [-0.25, -0.2) is 18.4 Å². The van der Waals surface area contributed by atoms with Gasteiger partial charge in [0.25, 0.3) is 10.0 Å². The number of nitrogens with zero attached hydrogens (tertiary/aromatic N) is 3. The lowest BCUT2D eigenvalue weighted by atomic mass is 10.2. The number of thioether (sulfide) groups is 1. The number of rotatable bonds is 10. The fourth-order valence-corrected chi connectivity index (χ4v) is 4.81. The Kier molecular flexibility index (Phi) is 8.40. The average Bonchev–Trinajstić information content (AvgIpc) is 2.80. The van der Waals surface area contributed by atoms with E-state index in [2.05, 4.69) is 33.0 Å². The molecule has 0 aliphatic heterocycles. The predicted octanol–water partition coefficient (Wildman–Crippen LogP) is 4.22. The van der Waals surface area contributed by atoms with Crippen molar-refractivity contribution >= 4 is 39.2 Å². The van der Waals surface area contributed by atoms with E-state index in [4.69, 9.17) is 0 Å². The Bertz CT molecular complexity index is 1240. The molecular formula is C23H23N5O3S2. The first-order valence-corrected chi connectivity index (χ1v) is 12.7. The van der Waals surface area contributed by atoms with Crippen LogP contribution in [0.1, 0.15) is 31.0 Å². The highest BCUT2D eigenvalue weighted by Gasteiger charge is 2.15. The van der Waals surface area contributed by atoms with E-state index in [9.17, 15) is 18.5 Å². The summed E-state index contributed by atoms with van der Waals surface area (Å²) in [4.78, 5) is 20.8. The van der Waals surface area contributed by atoms with Crippen LogP contribution in [0.2, 0.25) is 0 Å². The van der Waals surface area contributed by atoms with Crippen molar-refractivity contribution in [2.45, 2.75) is 36.1 Å². The minimum Gasteiger partial charge on any atom is -0.326 e. The average molecular weight is 482 g/mol. The molecule has 0 saturated heterocycles. The fourth-order valence-electron chi connectivity index (χ4n) is 2.87. The van der Waals surface area contributed by atoms with Crippen molar-refractivity contribution in [3.05, 3.63) is 72.1 Å². The molecule has 0 fully saturated rings. The van der Waals surface area contributed by atoms with Crippen LogP contribution in [0.5, 0.6) is 0 Å². The predicted molar refractivity (Wildman–Crippen MR) is 128 cm³/mol. The third-order valence-electron chi connectivity index (χ3n) is 4.46. The van der Waals surface area contributed by atoms with Crippen molar-refractivity contribution in [2.24, 2.45) is 0 Å². The Morgan fingerprint density at radius 3 is 2.58 bits per heavy atom. The van der Waals surface area contributed by atoms with Crippen LogP contribution in [0, 0.1) is 11.3 Å². The Hall–Kier alpha value is -3.42.